The molecule has 0 N–H and O–H groups in total. The summed E-state index contributed by atoms with van der Waals surface area (Å²) < 4.78 is 1.13. The molecule has 0 aliphatic rings. The molecule has 1 aromatic carbocycles. The zero-order valence-electron chi connectivity index (χ0n) is 5.93. The fourth-order valence-electron chi connectivity index (χ4n) is 0.783. The summed E-state index contributed by atoms with van der Waals surface area (Å²) in [5.41, 5.74) is 1.21. The number of hydrogen-bond donors (Lipinski definition) is 0. The quantitative estimate of drug-likeness (QED) is 0.720. The first-order chi connectivity index (χ1) is 5.34. The largest absolute Gasteiger partial charge is 0.0882 e. The Morgan fingerprint density at radius 1 is 1.27 bits per heavy atom. The van der Waals surface area contributed by atoms with E-state index in [4.69, 9.17) is 0 Å². The summed E-state index contributed by atoms with van der Waals surface area (Å²) in [4.78, 5) is 0. The van der Waals surface area contributed by atoms with E-state index in [-0.39, 0.29) is 0 Å². The molecule has 0 atom stereocenters. The number of rotatable bonds is 2. The monoisotopic (exact) mass is 274 g/mol. The Morgan fingerprint density at radius 2 is 1.91 bits per heavy atom. The first kappa shape index (κ1) is 9.01. The molecule has 0 unspecified atom stereocenters. The first-order valence-electron chi connectivity index (χ1n) is 3.31. The molecule has 0 nitrogen and oxygen atoms in total. The van der Waals surface area contributed by atoms with Crippen LogP contribution in [0.1, 0.15) is 5.56 Å². The highest BCUT2D eigenvalue weighted by Gasteiger charge is 1.92. The van der Waals surface area contributed by atoms with Gasteiger partial charge >= 0.3 is 0 Å². The fourth-order valence-corrected chi connectivity index (χ4v) is 1.97. The van der Waals surface area contributed by atoms with E-state index in [0.717, 1.165) is 9.81 Å². The SMILES string of the molecule is BrC/C=C(\Br)c1ccccc1. The third kappa shape index (κ3) is 2.80. The Kier molecular flexibility index (Phi) is 3.87. The van der Waals surface area contributed by atoms with Gasteiger partial charge in [-0.05, 0) is 5.56 Å². The lowest BCUT2D eigenvalue weighted by Gasteiger charge is -1.96. The maximum atomic E-state index is 3.48. The van der Waals surface area contributed by atoms with Gasteiger partial charge in [-0.2, -0.15) is 0 Å². The second-order valence-electron chi connectivity index (χ2n) is 2.07. The van der Waals surface area contributed by atoms with Crippen molar-refractivity contribution >= 4 is 36.3 Å². The molecular weight excluding hydrogens is 268 g/mol. The molecule has 0 fully saturated rings. The van der Waals surface area contributed by atoms with Gasteiger partial charge in [-0.15, -0.1) is 0 Å². The minimum absolute atomic E-state index is 0.877. The Hall–Kier alpha value is -0.0800. The highest BCUT2D eigenvalue weighted by molar-refractivity contribution is 9.15. The Morgan fingerprint density at radius 3 is 2.45 bits per heavy atom. The van der Waals surface area contributed by atoms with E-state index >= 15 is 0 Å². The van der Waals surface area contributed by atoms with Gasteiger partial charge < -0.3 is 0 Å². The van der Waals surface area contributed by atoms with Crippen molar-refractivity contribution in [3.8, 4) is 0 Å². The zero-order chi connectivity index (χ0) is 8.10. The fraction of sp³-hybridized carbons (Fsp3) is 0.111. The second-order valence-corrected chi connectivity index (χ2v) is 3.57. The topological polar surface area (TPSA) is 0 Å². The van der Waals surface area contributed by atoms with Crippen LogP contribution in [0.4, 0.5) is 0 Å². The molecule has 0 saturated heterocycles. The summed E-state index contributed by atoms with van der Waals surface area (Å²) >= 11 is 6.82. The number of hydrogen-bond acceptors (Lipinski definition) is 0. The molecule has 1 aromatic rings. The normalized spacial score (nSPS) is 11.6. The van der Waals surface area contributed by atoms with Crippen molar-refractivity contribution in [1.82, 2.24) is 0 Å². The third-order valence-corrected chi connectivity index (χ3v) is 2.41. The maximum absolute atomic E-state index is 3.48. The Balaban J connectivity index is 2.85. The molecular formula is C9H8Br2. The van der Waals surface area contributed by atoms with E-state index in [9.17, 15) is 0 Å². The molecule has 2 heteroatoms. The van der Waals surface area contributed by atoms with Crippen molar-refractivity contribution in [2.45, 2.75) is 0 Å². The van der Waals surface area contributed by atoms with Crippen LogP contribution in [0.3, 0.4) is 0 Å². The third-order valence-electron chi connectivity index (χ3n) is 1.31. The summed E-state index contributed by atoms with van der Waals surface area (Å²) in [6, 6.07) is 10.2. The van der Waals surface area contributed by atoms with Crippen molar-refractivity contribution in [3.63, 3.8) is 0 Å². The van der Waals surface area contributed by atoms with Crippen LogP contribution < -0.4 is 0 Å². The average molecular weight is 276 g/mol. The molecule has 0 saturated carbocycles. The van der Waals surface area contributed by atoms with Crippen LogP contribution in [-0.4, -0.2) is 5.33 Å². The van der Waals surface area contributed by atoms with E-state index in [1.807, 2.05) is 18.2 Å². The molecule has 0 aromatic heterocycles. The average Bonchev–Trinajstić information content (AvgIpc) is 2.07. The zero-order valence-corrected chi connectivity index (χ0v) is 9.10. The second kappa shape index (κ2) is 4.73. The van der Waals surface area contributed by atoms with Gasteiger partial charge in [-0.3, -0.25) is 0 Å². The molecule has 0 aliphatic heterocycles. The first-order valence-corrected chi connectivity index (χ1v) is 5.23. The molecule has 0 amide bonds. The van der Waals surface area contributed by atoms with Crippen LogP contribution in [0.2, 0.25) is 0 Å². The highest BCUT2D eigenvalue weighted by atomic mass is 79.9. The van der Waals surface area contributed by atoms with Crippen molar-refractivity contribution in [1.29, 1.82) is 0 Å². The van der Waals surface area contributed by atoms with Crippen LogP contribution in [0.5, 0.6) is 0 Å². The van der Waals surface area contributed by atoms with Gasteiger partial charge in [0.15, 0.2) is 0 Å². The van der Waals surface area contributed by atoms with E-state index in [0.29, 0.717) is 0 Å². The minimum atomic E-state index is 0.877. The van der Waals surface area contributed by atoms with E-state index < -0.39 is 0 Å². The van der Waals surface area contributed by atoms with Crippen molar-refractivity contribution in [2.24, 2.45) is 0 Å². The summed E-state index contributed by atoms with van der Waals surface area (Å²) in [6.45, 7) is 0. The number of allylic oxidation sites excluding steroid dienone is 1. The molecule has 0 bridgehead atoms. The van der Waals surface area contributed by atoms with Gasteiger partial charge in [0.2, 0.25) is 0 Å². The predicted molar refractivity (Wildman–Crippen MR) is 57.1 cm³/mol. The number of benzene rings is 1. The van der Waals surface area contributed by atoms with Crippen LogP contribution >= 0.6 is 31.9 Å². The van der Waals surface area contributed by atoms with Crippen molar-refractivity contribution in [2.75, 3.05) is 5.33 Å². The van der Waals surface area contributed by atoms with E-state index in [1.165, 1.54) is 5.56 Å². The standard InChI is InChI=1S/C9H8Br2/c10-7-6-9(11)8-4-2-1-3-5-8/h1-6H,7H2/b9-6-. The molecule has 1 rings (SSSR count). The molecule has 58 valence electrons. The van der Waals surface area contributed by atoms with E-state index in [2.05, 4.69) is 50.1 Å². The number of halogens is 2. The minimum Gasteiger partial charge on any atom is -0.0882 e. The van der Waals surface area contributed by atoms with Crippen LogP contribution in [0.15, 0.2) is 36.4 Å². The molecule has 0 spiro atoms. The van der Waals surface area contributed by atoms with Gasteiger partial charge in [-0.25, -0.2) is 0 Å². The van der Waals surface area contributed by atoms with Gasteiger partial charge in [0.25, 0.3) is 0 Å². The smallest absolute Gasteiger partial charge is 0.0226 e. The molecule has 0 aliphatic carbocycles. The summed E-state index contributed by atoms with van der Waals surface area (Å²) in [6.07, 6.45) is 2.08. The van der Waals surface area contributed by atoms with Gasteiger partial charge in [0.05, 0.1) is 0 Å². The van der Waals surface area contributed by atoms with Crippen LogP contribution in [0.25, 0.3) is 4.48 Å². The van der Waals surface area contributed by atoms with E-state index in [1.54, 1.807) is 0 Å². The Labute approximate surface area is 83.6 Å². The lowest BCUT2D eigenvalue weighted by molar-refractivity contribution is 1.64. The molecule has 0 heterocycles. The van der Waals surface area contributed by atoms with Gasteiger partial charge in [0, 0.05) is 9.81 Å². The Bertz CT molecular complexity index is 239. The molecule has 11 heavy (non-hydrogen) atoms. The lowest BCUT2D eigenvalue weighted by Crippen LogP contribution is -1.74. The highest BCUT2D eigenvalue weighted by Crippen LogP contribution is 2.20. The van der Waals surface area contributed by atoms with Crippen molar-refractivity contribution in [3.05, 3.63) is 42.0 Å². The lowest BCUT2D eigenvalue weighted by atomic mass is 10.2. The van der Waals surface area contributed by atoms with Crippen molar-refractivity contribution < 1.29 is 0 Å². The number of alkyl halides is 1. The van der Waals surface area contributed by atoms with Crippen LogP contribution in [-0.2, 0) is 0 Å². The van der Waals surface area contributed by atoms with Gasteiger partial charge in [0.1, 0.15) is 0 Å². The summed E-state index contributed by atoms with van der Waals surface area (Å²) in [5, 5.41) is 0.877. The van der Waals surface area contributed by atoms with Crippen LogP contribution in [0, 0.1) is 0 Å². The summed E-state index contributed by atoms with van der Waals surface area (Å²) in [5.74, 6) is 0. The van der Waals surface area contributed by atoms with Gasteiger partial charge in [-0.1, -0.05) is 68.3 Å². The predicted octanol–water partition coefficient (Wildman–Crippen LogP) is 3.82. The summed E-state index contributed by atoms with van der Waals surface area (Å²) in [7, 11) is 0. The molecule has 0 radical (unpaired) electrons. The maximum Gasteiger partial charge on any atom is 0.0226 e.